The van der Waals surface area contributed by atoms with E-state index in [1.54, 1.807) is 0 Å². The highest BCUT2D eigenvalue weighted by molar-refractivity contribution is 6.62. The lowest BCUT2D eigenvalue weighted by Gasteiger charge is -2.16. The Kier molecular flexibility index (Phi) is 4.10. The summed E-state index contributed by atoms with van der Waals surface area (Å²) in [4.78, 5) is 0. The summed E-state index contributed by atoms with van der Waals surface area (Å²) in [6, 6.07) is 29.9. The summed E-state index contributed by atoms with van der Waals surface area (Å²) in [7, 11) is -1.55. The van der Waals surface area contributed by atoms with Gasteiger partial charge in [-0.15, -0.1) is 0 Å². The summed E-state index contributed by atoms with van der Waals surface area (Å²) < 4.78 is 0. The molecule has 3 heteroatoms. The number of rotatable bonds is 3. The summed E-state index contributed by atoms with van der Waals surface area (Å²) in [5.41, 5.74) is 4.17. The molecule has 0 radical (unpaired) electrons. The molecule has 0 bridgehead atoms. The van der Waals surface area contributed by atoms with Crippen LogP contribution in [0.3, 0.4) is 0 Å². The third-order valence-corrected chi connectivity index (χ3v) is 4.53. The van der Waals surface area contributed by atoms with Crippen LogP contribution in [0.15, 0.2) is 91.0 Å². The number of fused-ring (bicyclic) bond motifs is 1. The average Bonchev–Trinajstić information content (AvgIpc) is 2.67. The number of hydrogen-bond acceptors (Lipinski definition) is 2. The molecule has 4 aromatic carbocycles. The monoisotopic (exact) mass is 324 g/mol. The molecule has 0 aromatic heterocycles. The van der Waals surface area contributed by atoms with E-state index in [0.29, 0.717) is 5.46 Å². The zero-order valence-electron chi connectivity index (χ0n) is 13.6. The van der Waals surface area contributed by atoms with Gasteiger partial charge in [-0.2, -0.15) is 0 Å². The molecule has 0 saturated carbocycles. The van der Waals surface area contributed by atoms with Crippen molar-refractivity contribution in [3.8, 4) is 22.3 Å². The largest absolute Gasteiger partial charge is 0.489 e. The minimum Gasteiger partial charge on any atom is -0.423 e. The molecule has 2 nitrogen and oxygen atoms in total. The summed E-state index contributed by atoms with van der Waals surface area (Å²) in [6.45, 7) is 0. The van der Waals surface area contributed by atoms with Gasteiger partial charge in [0.05, 0.1) is 0 Å². The van der Waals surface area contributed by atoms with Gasteiger partial charge in [0.1, 0.15) is 0 Å². The fraction of sp³-hybridized carbons (Fsp3) is 0. The van der Waals surface area contributed by atoms with Crippen molar-refractivity contribution < 1.29 is 10.0 Å². The lowest BCUT2D eigenvalue weighted by atomic mass is 9.71. The Bertz CT molecular complexity index is 1020. The first kappa shape index (κ1) is 15.6. The smallest absolute Gasteiger partial charge is 0.423 e. The van der Waals surface area contributed by atoms with Gasteiger partial charge in [0.25, 0.3) is 0 Å². The van der Waals surface area contributed by atoms with Crippen molar-refractivity contribution in [1.82, 2.24) is 0 Å². The first-order chi connectivity index (χ1) is 12.3. The first-order valence-corrected chi connectivity index (χ1v) is 8.28. The maximum Gasteiger partial charge on any atom is 0.489 e. The Balaban J connectivity index is 2.02. The predicted molar refractivity (Wildman–Crippen MR) is 105 cm³/mol. The highest BCUT2D eigenvalue weighted by Gasteiger charge is 2.22. The van der Waals surface area contributed by atoms with E-state index < -0.39 is 7.12 Å². The molecule has 0 heterocycles. The third kappa shape index (κ3) is 2.84. The topological polar surface area (TPSA) is 40.5 Å². The average molecular weight is 324 g/mol. The van der Waals surface area contributed by atoms with E-state index in [1.807, 2.05) is 72.8 Å². The summed E-state index contributed by atoms with van der Waals surface area (Å²) in [5.74, 6) is 0. The highest BCUT2D eigenvalue weighted by Crippen LogP contribution is 2.30. The lowest BCUT2D eigenvalue weighted by Crippen LogP contribution is -2.33. The van der Waals surface area contributed by atoms with Crippen LogP contribution in [0.5, 0.6) is 0 Å². The van der Waals surface area contributed by atoms with Crippen LogP contribution in [0.2, 0.25) is 0 Å². The molecule has 2 N–H and O–H groups in total. The summed E-state index contributed by atoms with van der Waals surface area (Å²) in [6.07, 6.45) is 0. The quantitative estimate of drug-likeness (QED) is 0.562. The molecule has 0 aliphatic carbocycles. The maximum absolute atomic E-state index is 10.1. The van der Waals surface area contributed by atoms with Crippen molar-refractivity contribution >= 4 is 23.4 Å². The highest BCUT2D eigenvalue weighted by atomic mass is 16.4. The fourth-order valence-electron chi connectivity index (χ4n) is 3.41. The Morgan fingerprint density at radius 2 is 1.12 bits per heavy atom. The molecule has 0 unspecified atom stereocenters. The van der Waals surface area contributed by atoms with E-state index in [-0.39, 0.29) is 0 Å². The van der Waals surface area contributed by atoms with E-state index >= 15 is 0 Å². The van der Waals surface area contributed by atoms with Gasteiger partial charge in [-0.1, -0.05) is 91.0 Å². The van der Waals surface area contributed by atoms with E-state index in [4.69, 9.17) is 0 Å². The maximum atomic E-state index is 10.1. The standard InChI is InChI=1S/C22H17BO2/c24-23(25)22-19(17-8-2-1-3-9-17)13-7-15-21(22)20-14-6-11-16-10-4-5-12-18(16)20/h1-15,24-25H. The van der Waals surface area contributed by atoms with Crippen molar-refractivity contribution in [3.05, 3.63) is 91.0 Å². The fourth-order valence-corrected chi connectivity index (χ4v) is 3.41. The van der Waals surface area contributed by atoms with E-state index in [0.717, 1.165) is 33.0 Å². The second-order valence-corrected chi connectivity index (χ2v) is 6.03. The van der Waals surface area contributed by atoms with Gasteiger partial charge >= 0.3 is 7.12 Å². The van der Waals surface area contributed by atoms with E-state index in [2.05, 4.69) is 18.2 Å². The SMILES string of the molecule is OB(O)c1c(-c2ccccc2)cccc1-c1cccc2ccccc12. The van der Waals surface area contributed by atoms with Gasteiger partial charge in [-0.05, 0) is 38.5 Å². The molecule has 0 fully saturated rings. The van der Waals surface area contributed by atoms with E-state index in [9.17, 15) is 10.0 Å². The van der Waals surface area contributed by atoms with Crippen LogP contribution in [0.25, 0.3) is 33.0 Å². The molecule has 0 spiro atoms. The molecular formula is C22H17BO2. The Labute approximate surface area is 147 Å². The first-order valence-electron chi connectivity index (χ1n) is 8.28. The molecule has 0 aliphatic heterocycles. The Morgan fingerprint density at radius 1 is 0.520 bits per heavy atom. The molecular weight excluding hydrogens is 307 g/mol. The molecule has 25 heavy (non-hydrogen) atoms. The van der Waals surface area contributed by atoms with Gasteiger partial charge in [0, 0.05) is 0 Å². The Morgan fingerprint density at radius 3 is 1.92 bits per heavy atom. The van der Waals surface area contributed by atoms with Gasteiger partial charge in [0.15, 0.2) is 0 Å². The van der Waals surface area contributed by atoms with Crippen molar-refractivity contribution in [2.45, 2.75) is 0 Å². The zero-order chi connectivity index (χ0) is 17.2. The third-order valence-electron chi connectivity index (χ3n) is 4.53. The van der Waals surface area contributed by atoms with Gasteiger partial charge in [-0.3, -0.25) is 0 Å². The van der Waals surface area contributed by atoms with Crippen LogP contribution < -0.4 is 5.46 Å². The number of benzene rings is 4. The minimum absolute atomic E-state index is 0.532. The van der Waals surface area contributed by atoms with Crippen LogP contribution >= 0.6 is 0 Å². The second kappa shape index (κ2) is 6.56. The molecule has 4 rings (SSSR count). The second-order valence-electron chi connectivity index (χ2n) is 6.03. The molecule has 120 valence electrons. The van der Waals surface area contributed by atoms with Gasteiger partial charge in [-0.25, -0.2) is 0 Å². The summed E-state index contributed by atoms with van der Waals surface area (Å²) in [5, 5.41) is 22.5. The molecule has 0 saturated heterocycles. The summed E-state index contributed by atoms with van der Waals surface area (Å²) >= 11 is 0. The van der Waals surface area contributed by atoms with Crippen LogP contribution in [0, 0.1) is 0 Å². The molecule has 4 aromatic rings. The molecule has 0 aliphatic rings. The van der Waals surface area contributed by atoms with Gasteiger partial charge in [0.2, 0.25) is 0 Å². The van der Waals surface area contributed by atoms with Crippen molar-refractivity contribution in [2.75, 3.05) is 0 Å². The normalized spacial score (nSPS) is 10.8. The zero-order valence-corrected chi connectivity index (χ0v) is 13.6. The number of hydrogen-bond donors (Lipinski definition) is 2. The van der Waals surface area contributed by atoms with Crippen LogP contribution in [0.4, 0.5) is 0 Å². The molecule has 0 amide bonds. The van der Waals surface area contributed by atoms with Crippen molar-refractivity contribution in [1.29, 1.82) is 0 Å². The Hall–Kier alpha value is -2.88. The van der Waals surface area contributed by atoms with Crippen molar-refractivity contribution in [3.63, 3.8) is 0 Å². The van der Waals surface area contributed by atoms with E-state index in [1.165, 1.54) is 0 Å². The molecule has 0 atom stereocenters. The van der Waals surface area contributed by atoms with Crippen LogP contribution in [-0.4, -0.2) is 17.2 Å². The van der Waals surface area contributed by atoms with Gasteiger partial charge < -0.3 is 10.0 Å². The van der Waals surface area contributed by atoms with Crippen molar-refractivity contribution in [2.24, 2.45) is 0 Å². The minimum atomic E-state index is -1.55. The predicted octanol–water partition coefficient (Wildman–Crippen LogP) is 3.85. The lowest BCUT2D eigenvalue weighted by molar-refractivity contribution is 0.426. The van der Waals surface area contributed by atoms with Crippen LogP contribution in [0.1, 0.15) is 0 Å². The van der Waals surface area contributed by atoms with Crippen LogP contribution in [-0.2, 0) is 0 Å².